The second-order valence-corrected chi connectivity index (χ2v) is 8.30. The van der Waals surface area contributed by atoms with E-state index in [1.165, 1.54) is 10.7 Å². The highest BCUT2D eigenvalue weighted by Gasteiger charge is 2.23. The Labute approximate surface area is 198 Å². The molecule has 1 aliphatic rings. The predicted octanol–water partition coefficient (Wildman–Crippen LogP) is 2.26. The van der Waals surface area contributed by atoms with E-state index in [0.717, 1.165) is 23.2 Å². The molecule has 8 heteroatoms. The van der Waals surface area contributed by atoms with Crippen LogP contribution in [0.5, 0.6) is 0 Å². The number of piperazine rings is 1. The smallest absolute Gasteiger partial charge is 0.267 e. The van der Waals surface area contributed by atoms with Crippen molar-refractivity contribution in [3.63, 3.8) is 0 Å². The number of hydrogen-bond donors (Lipinski definition) is 1. The van der Waals surface area contributed by atoms with Crippen LogP contribution in [0, 0.1) is 0 Å². The van der Waals surface area contributed by atoms with Gasteiger partial charge in [-0.05, 0) is 24.1 Å². The first kappa shape index (κ1) is 23.4. The highest BCUT2D eigenvalue weighted by molar-refractivity contribution is 5.93. The molecule has 1 N–H and O–H groups in total. The molecule has 0 radical (unpaired) electrons. The zero-order valence-corrected chi connectivity index (χ0v) is 19.3. The average Bonchev–Trinajstić information content (AvgIpc) is 2.86. The Kier molecular flexibility index (Phi) is 7.49. The van der Waals surface area contributed by atoms with Crippen LogP contribution in [0.25, 0.3) is 11.3 Å². The first-order valence-electron chi connectivity index (χ1n) is 11.5. The van der Waals surface area contributed by atoms with Crippen LogP contribution in [0.3, 0.4) is 0 Å². The Morgan fingerprint density at radius 2 is 1.59 bits per heavy atom. The van der Waals surface area contributed by atoms with Crippen molar-refractivity contribution in [2.75, 3.05) is 38.0 Å². The Morgan fingerprint density at radius 1 is 0.882 bits per heavy atom. The summed E-state index contributed by atoms with van der Waals surface area (Å²) in [6, 6.07) is 20.4. The SMILES string of the molecule is CCc1ccccc1NC(=O)CN1CCN(C(=O)Cn2nc(-c3ccccc3)ccc2=O)CC1. The maximum atomic E-state index is 12.8. The van der Waals surface area contributed by atoms with Crippen LogP contribution < -0.4 is 10.9 Å². The van der Waals surface area contributed by atoms with Crippen molar-refractivity contribution >= 4 is 17.5 Å². The van der Waals surface area contributed by atoms with Gasteiger partial charge in [-0.3, -0.25) is 19.3 Å². The number of hydrogen-bond acceptors (Lipinski definition) is 5. The number of amides is 2. The molecule has 0 saturated carbocycles. The number of nitrogens with one attached hydrogen (secondary N) is 1. The summed E-state index contributed by atoms with van der Waals surface area (Å²) in [7, 11) is 0. The molecule has 1 saturated heterocycles. The number of para-hydroxylation sites is 1. The van der Waals surface area contributed by atoms with E-state index in [4.69, 9.17) is 0 Å². The lowest BCUT2D eigenvalue weighted by molar-refractivity contribution is -0.134. The molecule has 0 unspecified atom stereocenters. The van der Waals surface area contributed by atoms with Crippen LogP contribution >= 0.6 is 0 Å². The lowest BCUT2D eigenvalue weighted by atomic mass is 10.1. The highest BCUT2D eigenvalue weighted by Crippen LogP contribution is 2.16. The molecule has 4 rings (SSSR count). The largest absolute Gasteiger partial charge is 0.339 e. The van der Waals surface area contributed by atoms with Crippen molar-refractivity contribution in [3.8, 4) is 11.3 Å². The predicted molar refractivity (Wildman–Crippen MR) is 131 cm³/mol. The minimum Gasteiger partial charge on any atom is -0.339 e. The molecule has 1 fully saturated rings. The fourth-order valence-corrected chi connectivity index (χ4v) is 4.05. The monoisotopic (exact) mass is 459 g/mol. The Balaban J connectivity index is 1.30. The van der Waals surface area contributed by atoms with Gasteiger partial charge in [-0.15, -0.1) is 0 Å². The number of nitrogens with zero attached hydrogens (tertiary/aromatic N) is 4. The fourth-order valence-electron chi connectivity index (χ4n) is 4.05. The zero-order chi connectivity index (χ0) is 23.9. The standard InChI is InChI=1S/C26H29N5O3/c1-2-20-8-6-7-11-22(20)27-24(32)18-29-14-16-30(17-15-29)26(34)19-31-25(33)13-12-23(28-31)21-9-4-3-5-10-21/h3-13H,2,14-19H2,1H3,(H,27,32). The van der Waals surface area contributed by atoms with Crippen LogP contribution in [0.4, 0.5) is 5.69 Å². The lowest BCUT2D eigenvalue weighted by Crippen LogP contribution is -2.51. The first-order valence-corrected chi connectivity index (χ1v) is 11.5. The number of rotatable bonds is 7. The van der Waals surface area contributed by atoms with E-state index in [-0.39, 0.29) is 30.5 Å². The van der Waals surface area contributed by atoms with E-state index in [1.807, 2.05) is 59.5 Å². The number of carbonyl (C=O) groups excluding carboxylic acids is 2. The Hall–Kier alpha value is -3.78. The lowest BCUT2D eigenvalue weighted by Gasteiger charge is -2.34. The number of carbonyl (C=O) groups is 2. The van der Waals surface area contributed by atoms with Crippen molar-refractivity contribution in [2.45, 2.75) is 19.9 Å². The summed E-state index contributed by atoms with van der Waals surface area (Å²) < 4.78 is 1.22. The van der Waals surface area contributed by atoms with E-state index >= 15 is 0 Å². The number of benzene rings is 2. The molecule has 176 valence electrons. The van der Waals surface area contributed by atoms with Gasteiger partial charge in [0.15, 0.2) is 0 Å². The molecular weight excluding hydrogens is 430 g/mol. The number of aryl methyl sites for hydroxylation is 1. The van der Waals surface area contributed by atoms with Crippen molar-refractivity contribution in [1.82, 2.24) is 19.6 Å². The molecule has 0 spiro atoms. The number of aromatic nitrogens is 2. The molecule has 0 atom stereocenters. The van der Waals surface area contributed by atoms with Crippen molar-refractivity contribution < 1.29 is 9.59 Å². The summed E-state index contributed by atoms with van der Waals surface area (Å²) in [5.41, 5.74) is 3.17. The molecule has 1 aromatic heterocycles. The van der Waals surface area contributed by atoms with Gasteiger partial charge >= 0.3 is 0 Å². The average molecular weight is 460 g/mol. The molecule has 34 heavy (non-hydrogen) atoms. The third kappa shape index (κ3) is 5.77. The summed E-state index contributed by atoms with van der Waals surface area (Å²) in [6.07, 6.45) is 0.851. The third-order valence-electron chi connectivity index (χ3n) is 5.99. The Morgan fingerprint density at radius 3 is 2.32 bits per heavy atom. The summed E-state index contributed by atoms with van der Waals surface area (Å²) in [4.78, 5) is 41.4. The van der Waals surface area contributed by atoms with E-state index in [1.54, 1.807) is 11.0 Å². The molecule has 3 aromatic rings. The van der Waals surface area contributed by atoms with E-state index in [0.29, 0.717) is 31.9 Å². The van der Waals surface area contributed by atoms with Gasteiger partial charge in [0.1, 0.15) is 6.54 Å². The van der Waals surface area contributed by atoms with Gasteiger partial charge in [0.25, 0.3) is 5.56 Å². The quantitative estimate of drug-likeness (QED) is 0.586. The van der Waals surface area contributed by atoms with Gasteiger partial charge in [-0.1, -0.05) is 55.5 Å². The molecule has 2 aromatic carbocycles. The van der Waals surface area contributed by atoms with Crippen LogP contribution in [-0.4, -0.2) is 64.1 Å². The summed E-state index contributed by atoms with van der Waals surface area (Å²) in [6.45, 7) is 4.44. The second kappa shape index (κ2) is 10.9. The van der Waals surface area contributed by atoms with E-state index in [2.05, 4.69) is 17.3 Å². The molecule has 0 aliphatic carbocycles. The molecule has 2 heterocycles. The second-order valence-electron chi connectivity index (χ2n) is 8.30. The van der Waals surface area contributed by atoms with Gasteiger partial charge in [0.2, 0.25) is 11.8 Å². The molecule has 8 nitrogen and oxygen atoms in total. The molecule has 2 amide bonds. The maximum Gasteiger partial charge on any atom is 0.267 e. The highest BCUT2D eigenvalue weighted by atomic mass is 16.2. The molecule has 0 bridgehead atoms. The van der Waals surface area contributed by atoms with Crippen LogP contribution in [0.2, 0.25) is 0 Å². The summed E-state index contributed by atoms with van der Waals surface area (Å²) >= 11 is 0. The fraction of sp³-hybridized carbons (Fsp3) is 0.308. The first-order chi connectivity index (χ1) is 16.5. The maximum absolute atomic E-state index is 12.8. The number of anilines is 1. The van der Waals surface area contributed by atoms with Crippen LogP contribution in [0.1, 0.15) is 12.5 Å². The van der Waals surface area contributed by atoms with Gasteiger partial charge in [-0.2, -0.15) is 5.10 Å². The molecular formula is C26H29N5O3. The normalized spacial score (nSPS) is 14.1. The summed E-state index contributed by atoms with van der Waals surface area (Å²) in [5, 5.41) is 7.37. The van der Waals surface area contributed by atoms with Crippen molar-refractivity contribution in [2.24, 2.45) is 0 Å². The van der Waals surface area contributed by atoms with Crippen molar-refractivity contribution in [3.05, 3.63) is 82.6 Å². The zero-order valence-electron chi connectivity index (χ0n) is 19.3. The summed E-state index contributed by atoms with van der Waals surface area (Å²) in [5.74, 6) is -0.213. The van der Waals surface area contributed by atoms with Gasteiger partial charge in [-0.25, -0.2) is 4.68 Å². The minimum atomic E-state index is -0.310. The van der Waals surface area contributed by atoms with Crippen molar-refractivity contribution in [1.29, 1.82) is 0 Å². The van der Waals surface area contributed by atoms with Crippen LogP contribution in [-0.2, 0) is 22.6 Å². The minimum absolute atomic E-state index is 0.0610. The topological polar surface area (TPSA) is 87.5 Å². The van der Waals surface area contributed by atoms with E-state index in [9.17, 15) is 14.4 Å². The van der Waals surface area contributed by atoms with Crippen LogP contribution in [0.15, 0.2) is 71.5 Å². The third-order valence-corrected chi connectivity index (χ3v) is 5.99. The molecule has 1 aliphatic heterocycles. The van der Waals surface area contributed by atoms with Gasteiger partial charge < -0.3 is 10.2 Å². The van der Waals surface area contributed by atoms with Gasteiger partial charge in [0, 0.05) is 43.5 Å². The Bertz CT molecular complexity index is 1200. The van der Waals surface area contributed by atoms with E-state index < -0.39 is 0 Å². The van der Waals surface area contributed by atoms with Gasteiger partial charge in [0.05, 0.1) is 12.2 Å².